The lowest BCUT2D eigenvalue weighted by molar-refractivity contribution is 0.0689. The van der Waals surface area contributed by atoms with Crippen molar-refractivity contribution >= 4 is 16.9 Å². The van der Waals surface area contributed by atoms with Crippen molar-refractivity contribution in [2.45, 2.75) is 20.0 Å². The van der Waals surface area contributed by atoms with E-state index in [-0.39, 0.29) is 5.69 Å². The van der Waals surface area contributed by atoms with E-state index >= 15 is 0 Å². The molecule has 0 aliphatic carbocycles. The third kappa shape index (κ3) is 3.26. The molecule has 24 heavy (non-hydrogen) atoms. The quantitative estimate of drug-likeness (QED) is 0.646. The molecule has 0 saturated heterocycles. The largest absolute Gasteiger partial charge is 0.477 e. The number of aromatic amines is 1. The number of rotatable bonds is 7. The Hall–Kier alpha value is -2.79. The zero-order valence-corrected chi connectivity index (χ0v) is 13.6. The lowest BCUT2D eigenvalue weighted by Gasteiger charge is -2.19. The molecule has 0 saturated carbocycles. The predicted molar refractivity (Wildman–Crippen MR) is 93.0 cm³/mol. The third-order valence-electron chi connectivity index (χ3n) is 4.00. The first-order valence-corrected chi connectivity index (χ1v) is 7.78. The van der Waals surface area contributed by atoms with Gasteiger partial charge >= 0.3 is 5.97 Å². The number of carbonyl (C=O) groups is 1. The summed E-state index contributed by atoms with van der Waals surface area (Å²) < 4.78 is 5.41. The molecule has 3 aromatic rings. The molecule has 5 heteroatoms. The van der Waals surface area contributed by atoms with Crippen molar-refractivity contribution in [1.82, 2.24) is 9.88 Å². The fourth-order valence-electron chi connectivity index (χ4n) is 2.92. The van der Waals surface area contributed by atoms with Crippen LogP contribution in [0.15, 0.2) is 53.7 Å². The topological polar surface area (TPSA) is 69.5 Å². The van der Waals surface area contributed by atoms with Gasteiger partial charge in [0.1, 0.15) is 11.5 Å². The van der Waals surface area contributed by atoms with Gasteiger partial charge in [0.15, 0.2) is 0 Å². The highest BCUT2D eigenvalue weighted by molar-refractivity contribution is 5.97. The van der Waals surface area contributed by atoms with E-state index in [0.717, 1.165) is 27.8 Å². The van der Waals surface area contributed by atoms with E-state index < -0.39 is 5.97 Å². The van der Waals surface area contributed by atoms with Crippen LogP contribution in [0.4, 0.5) is 0 Å². The highest BCUT2D eigenvalue weighted by atomic mass is 16.4. The number of aromatic carboxylic acids is 1. The van der Waals surface area contributed by atoms with E-state index in [1.807, 2.05) is 43.3 Å². The van der Waals surface area contributed by atoms with Crippen molar-refractivity contribution < 1.29 is 14.3 Å². The molecular formula is C19H20N2O3. The van der Waals surface area contributed by atoms with E-state index in [0.29, 0.717) is 19.6 Å². The maximum Gasteiger partial charge on any atom is 0.352 e. The van der Waals surface area contributed by atoms with Crippen LogP contribution in [0.1, 0.15) is 27.4 Å². The first-order valence-electron chi connectivity index (χ1n) is 7.78. The Morgan fingerprint density at radius 1 is 1.38 bits per heavy atom. The Morgan fingerprint density at radius 3 is 2.88 bits per heavy atom. The summed E-state index contributed by atoms with van der Waals surface area (Å²) in [6, 6.07) is 9.67. The summed E-state index contributed by atoms with van der Waals surface area (Å²) in [5.74, 6) is -0.111. The molecule has 2 heterocycles. The predicted octanol–water partition coefficient (Wildman–Crippen LogP) is 3.96. The van der Waals surface area contributed by atoms with Crippen LogP contribution in [0.3, 0.4) is 0 Å². The highest BCUT2D eigenvalue weighted by Crippen LogP contribution is 2.26. The zero-order valence-electron chi connectivity index (χ0n) is 13.6. The van der Waals surface area contributed by atoms with Crippen molar-refractivity contribution in [2.24, 2.45) is 0 Å². The van der Waals surface area contributed by atoms with Gasteiger partial charge in [0.2, 0.25) is 0 Å². The molecule has 0 atom stereocenters. The van der Waals surface area contributed by atoms with E-state index in [2.05, 4.69) is 16.5 Å². The van der Waals surface area contributed by atoms with Crippen molar-refractivity contribution in [1.29, 1.82) is 0 Å². The summed E-state index contributed by atoms with van der Waals surface area (Å²) in [5.41, 5.74) is 2.96. The summed E-state index contributed by atoms with van der Waals surface area (Å²) in [5, 5.41) is 10.5. The summed E-state index contributed by atoms with van der Waals surface area (Å²) >= 11 is 0. The van der Waals surface area contributed by atoms with Crippen LogP contribution in [0.2, 0.25) is 0 Å². The van der Waals surface area contributed by atoms with Gasteiger partial charge in [-0.3, -0.25) is 4.90 Å². The van der Waals surface area contributed by atoms with Crippen LogP contribution >= 0.6 is 0 Å². The van der Waals surface area contributed by atoms with Crippen molar-refractivity contribution in [3.63, 3.8) is 0 Å². The number of aryl methyl sites for hydroxylation is 1. The van der Waals surface area contributed by atoms with Gasteiger partial charge in [-0.05, 0) is 31.2 Å². The molecule has 0 spiro atoms. The van der Waals surface area contributed by atoms with Crippen LogP contribution in [-0.4, -0.2) is 27.5 Å². The summed E-state index contributed by atoms with van der Waals surface area (Å²) in [7, 11) is 0. The number of H-pyrrole nitrogens is 1. The lowest BCUT2D eigenvalue weighted by atomic mass is 10.1. The SMILES string of the molecule is C=CCN(Cc1ccco1)Cc1c(C(=O)O)[nH]c2ccc(C)cc12. The monoisotopic (exact) mass is 324 g/mol. The molecule has 0 bridgehead atoms. The minimum atomic E-state index is -0.949. The Morgan fingerprint density at radius 2 is 2.21 bits per heavy atom. The minimum Gasteiger partial charge on any atom is -0.477 e. The molecule has 2 N–H and O–H groups in total. The zero-order chi connectivity index (χ0) is 17.1. The van der Waals surface area contributed by atoms with Gasteiger partial charge in [-0.1, -0.05) is 17.7 Å². The van der Waals surface area contributed by atoms with E-state index in [9.17, 15) is 9.90 Å². The Labute approximate surface area is 140 Å². The Balaban J connectivity index is 1.99. The molecule has 1 aromatic carbocycles. The number of furan rings is 1. The van der Waals surface area contributed by atoms with Crippen molar-refractivity contribution in [2.75, 3.05) is 6.54 Å². The number of fused-ring (bicyclic) bond motifs is 1. The molecule has 0 fully saturated rings. The van der Waals surface area contributed by atoms with Gasteiger partial charge < -0.3 is 14.5 Å². The number of carboxylic acid groups (broad SMARTS) is 1. The second kappa shape index (κ2) is 6.76. The normalized spacial score (nSPS) is 11.2. The first-order chi connectivity index (χ1) is 11.6. The van der Waals surface area contributed by atoms with Crippen LogP contribution < -0.4 is 0 Å². The molecule has 0 aliphatic heterocycles. The summed E-state index contributed by atoms with van der Waals surface area (Å²) in [6.45, 7) is 7.53. The average Bonchev–Trinajstić information content (AvgIpc) is 3.16. The Bertz CT molecular complexity index is 862. The van der Waals surface area contributed by atoms with Crippen LogP contribution in [0.25, 0.3) is 10.9 Å². The van der Waals surface area contributed by atoms with Crippen LogP contribution in [0.5, 0.6) is 0 Å². The van der Waals surface area contributed by atoms with Crippen molar-refractivity contribution in [3.05, 3.63) is 71.8 Å². The average molecular weight is 324 g/mol. The number of hydrogen-bond acceptors (Lipinski definition) is 3. The van der Waals surface area contributed by atoms with Gasteiger partial charge in [0, 0.05) is 29.6 Å². The fourth-order valence-corrected chi connectivity index (χ4v) is 2.92. The van der Waals surface area contributed by atoms with E-state index in [1.165, 1.54) is 0 Å². The summed E-state index contributed by atoms with van der Waals surface area (Å²) in [4.78, 5) is 16.8. The number of nitrogens with one attached hydrogen (secondary N) is 1. The number of aromatic nitrogens is 1. The van der Waals surface area contributed by atoms with Crippen molar-refractivity contribution in [3.8, 4) is 0 Å². The second-order valence-electron chi connectivity index (χ2n) is 5.87. The lowest BCUT2D eigenvalue weighted by Crippen LogP contribution is -2.23. The van der Waals surface area contributed by atoms with Gasteiger partial charge in [0.25, 0.3) is 0 Å². The minimum absolute atomic E-state index is 0.240. The molecule has 0 aliphatic rings. The number of carboxylic acids is 1. The standard InChI is InChI=1S/C19H20N2O3/c1-3-8-21(11-14-5-4-9-24-14)12-16-15-10-13(2)6-7-17(15)20-18(16)19(22)23/h3-7,9-10,20H,1,8,11-12H2,2H3,(H,22,23). The highest BCUT2D eigenvalue weighted by Gasteiger charge is 2.19. The van der Waals surface area contributed by atoms with E-state index in [4.69, 9.17) is 4.42 Å². The molecule has 2 aromatic heterocycles. The fraction of sp³-hybridized carbons (Fsp3) is 0.211. The number of benzene rings is 1. The van der Waals surface area contributed by atoms with Gasteiger partial charge in [-0.15, -0.1) is 6.58 Å². The molecule has 0 radical (unpaired) electrons. The first kappa shape index (κ1) is 16.1. The molecule has 5 nitrogen and oxygen atoms in total. The molecule has 0 unspecified atom stereocenters. The summed E-state index contributed by atoms with van der Waals surface area (Å²) in [6.07, 6.45) is 3.45. The second-order valence-corrected chi connectivity index (χ2v) is 5.87. The van der Waals surface area contributed by atoms with Gasteiger partial charge in [-0.2, -0.15) is 0 Å². The molecule has 0 amide bonds. The molecular weight excluding hydrogens is 304 g/mol. The van der Waals surface area contributed by atoms with Gasteiger partial charge in [-0.25, -0.2) is 4.79 Å². The van der Waals surface area contributed by atoms with E-state index in [1.54, 1.807) is 6.26 Å². The smallest absolute Gasteiger partial charge is 0.352 e. The van der Waals surface area contributed by atoms with Gasteiger partial charge in [0.05, 0.1) is 12.8 Å². The Kier molecular flexibility index (Phi) is 4.53. The van der Waals surface area contributed by atoms with Crippen LogP contribution in [0, 0.1) is 6.92 Å². The third-order valence-corrected chi connectivity index (χ3v) is 4.00. The maximum absolute atomic E-state index is 11.6. The number of hydrogen-bond donors (Lipinski definition) is 2. The molecule has 3 rings (SSSR count). The maximum atomic E-state index is 11.6. The number of nitrogens with zero attached hydrogens (tertiary/aromatic N) is 1. The van der Waals surface area contributed by atoms with Crippen LogP contribution in [-0.2, 0) is 13.1 Å². The molecule has 124 valence electrons.